The van der Waals surface area contributed by atoms with E-state index in [1.807, 2.05) is 31.2 Å². The van der Waals surface area contributed by atoms with Gasteiger partial charge in [0.1, 0.15) is 5.60 Å². The first-order valence-electron chi connectivity index (χ1n) is 9.04. The summed E-state index contributed by atoms with van der Waals surface area (Å²) in [6.45, 7) is 4.74. The molecule has 0 aromatic heterocycles. The van der Waals surface area contributed by atoms with E-state index in [0.29, 0.717) is 30.8 Å². The van der Waals surface area contributed by atoms with Gasteiger partial charge in [0.25, 0.3) is 0 Å². The van der Waals surface area contributed by atoms with Gasteiger partial charge in [0, 0.05) is 12.2 Å². The van der Waals surface area contributed by atoms with E-state index in [2.05, 4.69) is 5.32 Å². The number of aliphatic hydroxyl groups is 1. The number of hydrogen-bond donors (Lipinski definition) is 2. The molecule has 0 bridgehead atoms. The van der Waals surface area contributed by atoms with Crippen molar-refractivity contribution in [2.75, 3.05) is 25.0 Å². The molecule has 1 atom stereocenters. The number of carbonyl (C=O) groups is 2. The maximum Gasteiger partial charge on any atom is 0.338 e. The van der Waals surface area contributed by atoms with Gasteiger partial charge >= 0.3 is 12.0 Å². The van der Waals surface area contributed by atoms with E-state index >= 15 is 0 Å². The number of carbonyl (C=O) groups excluding carboxylic acids is 2. The zero-order valence-electron chi connectivity index (χ0n) is 15.6. The van der Waals surface area contributed by atoms with E-state index in [1.165, 1.54) is 0 Å². The van der Waals surface area contributed by atoms with E-state index in [0.717, 1.165) is 11.1 Å². The van der Waals surface area contributed by atoms with Gasteiger partial charge in [-0.2, -0.15) is 0 Å². The Hall–Kier alpha value is -2.86. The molecule has 0 radical (unpaired) electrons. The average Bonchev–Trinajstić information content (AvgIpc) is 3.06. The van der Waals surface area contributed by atoms with Crippen LogP contribution in [0.4, 0.5) is 10.5 Å². The number of urea groups is 1. The number of benzene rings is 2. The van der Waals surface area contributed by atoms with Gasteiger partial charge in [-0.25, -0.2) is 9.59 Å². The first-order chi connectivity index (χ1) is 12.9. The monoisotopic (exact) mass is 368 g/mol. The largest absolute Gasteiger partial charge is 0.462 e. The number of aryl methyl sites for hydroxylation is 1. The van der Waals surface area contributed by atoms with E-state index in [9.17, 15) is 14.7 Å². The zero-order chi connectivity index (χ0) is 19.4. The number of rotatable bonds is 4. The van der Waals surface area contributed by atoms with Crippen LogP contribution >= 0.6 is 0 Å². The number of β-amino-alcohol motifs (C(OH)–C–C–N with tert-alkyl or cyclic N) is 1. The van der Waals surface area contributed by atoms with Gasteiger partial charge in [-0.1, -0.05) is 24.3 Å². The third-order valence-corrected chi connectivity index (χ3v) is 4.83. The Morgan fingerprint density at radius 3 is 2.56 bits per heavy atom. The highest BCUT2D eigenvalue weighted by atomic mass is 16.5. The van der Waals surface area contributed by atoms with Crippen molar-refractivity contribution in [3.05, 3.63) is 65.2 Å². The van der Waals surface area contributed by atoms with Gasteiger partial charge in [-0.15, -0.1) is 0 Å². The minimum absolute atomic E-state index is 0.241. The Balaban J connectivity index is 1.64. The lowest BCUT2D eigenvalue weighted by Gasteiger charge is -2.25. The SMILES string of the molecule is CCOC(=O)c1ccc(NC(=O)N2CC[C@@](O)(c3ccccc3C)C2)cc1. The maximum absolute atomic E-state index is 12.6. The molecule has 6 nitrogen and oxygen atoms in total. The summed E-state index contributed by atoms with van der Waals surface area (Å²) in [6, 6.07) is 14.0. The summed E-state index contributed by atoms with van der Waals surface area (Å²) in [5, 5.41) is 13.8. The highest BCUT2D eigenvalue weighted by Crippen LogP contribution is 2.34. The molecule has 3 rings (SSSR count). The Kier molecular flexibility index (Phi) is 5.46. The minimum atomic E-state index is -1.03. The molecule has 0 aliphatic carbocycles. The lowest BCUT2D eigenvalue weighted by Crippen LogP contribution is -2.37. The number of esters is 1. The van der Waals surface area contributed by atoms with Crippen LogP contribution in [-0.4, -0.2) is 41.7 Å². The lowest BCUT2D eigenvalue weighted by atomic mass is 9.89. The van der Waals surface area contributed by atoms with Crippen molar-refractivity contribution in [1.82, 2.24) is 4.90 Å². The normalized spacial score (nSPS) is 19.0. The molecule has 2 aromatic carbocycles. The first kappa shape index (κ1) is 18.9. The molecule has 1 aliphatic heterocycles. The molecule has 1 heterocycles. The third kappa shape index (κ3) is 4.11. The number of likely N-dealkylation sites (tertiary alicyclic amines) is 1. The molecule has 1 aliphatic rings. The predicted octanol–water partition coefficient (Wildman–Crippen LogP) is 3.30. The van der Waals surface area contributed by atoms with E-state index in [1.54, 1.807) is 36.1 Å². The van der Waals surface area contributed by atoms with Crippen molar-refractivity contribution < 1.29 is 19.4 Å². The predicted molar refractivity (Wildman–Crippen MR) is 103 cm³/mol. The summed E-state index contributed by atoms with van der Waals surface area (Å²) >= 11 is 0. The molecule has 0 saturated carbocycles. The lowest BCUT2D eigenvalue weighted by molar-refractivity contribution is 0.0493. The standard InChI is InChI=1S/C21H24N2O4/c1-3-27-19(24)16-8-10-17(11-9-16)22-20(25)23-13-12-21(26,14-23)18-7-5-4-6-15(18)2/h4-11,26H,3,12-14H2,1-2H3,(H,22,25)/t21-/m0/s1. The summed E-state index contributed by atoms with van der Waals surface area (Å²) in [7, 11) is 0. The van der Waals surface area contributed by atoms with Crippen molar-refractivity contribution in [2.45, 2.75) is 25.9 Å². The molecule has 1 saturated heterocycles. The van der Waals surface area contributed by atoms with Crippen molar-refractivity contribution in [1.29, 1.82) is 0 Å². The molecule has 2 amide bonds. The van der Waals surface area contributed by atoms with E-state index in [4.69, 9.17) is 4.74 Å². The zero-order valence-corrected chi connectivity index (χ0v) is 15.6. The van der Waals surface area contributed by atoms with Crippen molar-refractivity contribution >= 4 is 17.7 Å². The van der Waals surface area contributed by atoms with Crippen LogP contribution < -0.4 is 5.32 Å². The van der Waals surface area contributed by atoms with Crippen LogP contribution in [-0.2, 0) is 10.3 Å². The second kappa shape index (κ2) is 7.80. The molecule has 142 valence electrons. The molecule has 27 heavy (non-hydrogen) atoms. The second-order valence-corrected chi connectivity index (χ2v) is 6.75. The van der Waals surface area contributed by atoms with E-state index in [-0.39, 0.29) is 12.6 Å². The number of ether oxygens (including phenoxy) is 1. The summed E-state index contributed by atoms with van der Waals surface area (Å²) in [4.78, 5) is 25.8. The fourth-order valence-electron chi connectivity index (χ4n) is 3.39. The molecule has 0 spiro atoms. The van der Waals surface area contributed by atoms with Crippen LogP contribution in [0, 0.1) is 6.92 Å². The summed E-state index contributed by atoms with van der Waals surface area (Å²) in [6.07, 6.45) is 0.493. The molecule has 6 heteroatoms. The number of amides is 2. The quantitative estimate of drug-likeness (QED) is 0.812. The fraction of sp³-hybridized carbons (Fsp3) is 0.333. The smallest absolute Gasteiger partial charge is 0.338 e. The minimum Gasteiger partial charge on any atom is -0.462 e. The summed E-state index contributed by atoms with van der Waals surface area (Å²) < 4.78 is 4.94. The Morgan fingerprint density at radius 1 is 1.19 bits per heavy atom. The number of nitrogens with one attached hydrogen (secondary N) is 1. The maximum atomic E-state index is 12.6. The van der Waals surface area contributed by atoms with Crippen LogP contribution in [0.5, 0.6) is 0 Å². The van der Waals surface area contributed by atoms with Gasteiger partial charge < -0.3 is 20.1 Å². The Morgan fingerprint density at radius 2 is 1.89 bits per heavy atom. The molecule has 1 fully saturated rings. The van der Waals surface area contributed by atoms with Gasteiger partial charge in [-0.3, -0.25) is 0 Å². The van der Waals surface area contributed by atoms with Crippen molar-refractivity contribution in [3.63, 3.8) is 0 Å². The average molecular weight is 368 g/mol. The van der Waals surface area contributed by atoms with Gasteiger partial charge in [0.2, 0.25) is 0 Å². The summed E-state index contributed by atoms with van der Waals surface area (Å²) in [5.74, 6) is -0.391. The van der Waals surface area contributed by atoms with Gasteiger partial charge in [0.05, 0.1) is 18.7 Å². The van der Waals surface area contributed by atoms with Crippen molar-refractivity contribution in [2.24, 2.45) is 0 Å². The fourth-order valence-corrected chi connectivity index (χ4v) is 3.39. The van der Waals surface area contributed by atoms with Gasteiger partial charge in [0.15, 0.2) is 0 Å². The second-order valence-electron chi connectivity index (χ2n) is 6.75. The van der Waals surface area contributed by atoms with Crippen LogP contribution in [0.25, 0.3) is 0 Å². The highest BCUT2D eigenvalue weighted by Gasteiger charge is 2.40. The van der Waals surface area contributed by atoms with Crippen LogP contribution in [0.1, 0.15) is 34.8 Å². The van der Waals surface area contributed by atoms with Crippen LogP contribution in [0.15, 0.2) is 48.5 Å². The molecule has 0 unspecified atom stereocenters. The number of nitrogens with zero attached hydrogens (tertiary/aromatic N) is 1. The highest BCUT2D eigenvalue weighted by molar-refractivity contribution is 5.92. The molecule has 2 aromatic rings. The topological polar surface area (TPSA) is 78.9 Å². The Bertz CT molecular complexity index is 834. The van der Waals surface area contributed by atoms with Crippen LogP contribution in [0.3, 0.4) is 0 Å². The summed E-state index contributed by atoms with van der Waals surface area (Å²) in [5.41, 5.74) is 1.86. The molecular formula is C21H24N2O4. The van der Waals surface area contributed by atoms with E-state index < -0.39 is 11.6 Å². The number of hydrogen-bond acceptors (Lipinski definition) is 4. The van der Waals surface area contributed by atoms with Gasteiger partial charge in [-0.05, 0) is 55.7 Å². The molecular weight excluding hydrogens is 344 g/mol. The Labute approximate surface area is 158 Å². The first-order valence-corrected chi connectivity index (χ1v) is 9.04. The van der Waals surface area contributed by atoms with Crippen molar-refractivity contribution in [3.8, 4) is 0 Å². The number of anilines is 1. The van der Waals surface area contributed by atoms with Crippen LogP contribution in [0.2, 0.25) is 0 Å². The third-order valence-electron chi connectivity index (χ3n) is 4.83. The molecule has 2 N–H and O–H groups in total.